The fourth-order valence-electron chi connectivity index (χ4n) is 1.31. The molecule has 7 heteroatoms. The highest BCUT2D eigenvalue weighted by Gasteiger charge is 2.16. The topological polar surface area (TPSA) is 101 Å². The lowest BCUT2D eigenvalue weighted by Gasteiger charge is -2.11. The normalized spacial score (nSPS) is 12.6. The Bertz CT molecular complexity index is 410. The van der Waals surface area contributed by atoms with Gasteiger partial charge in [-0.15, -0.1) is 5.10 Å². The summed E-state index contributed by atoms with van der Waals surface area (Å²) in [6.45, 7) is 4.58. The lowest BCUT2D eigenvalue weighted by Crippen LogP contribution is -2.25. The molecule has 0 fully saturated rings. The zero-order chi connectivity index (χ0) is 12.1. The molecule has 1 aromatic heterocycles. The standard InChI is InChI=1S/C9H17N5OS/c1-3-5-14-8(15)12-13-9(14)16-6(4-2)7(10)11/h6H,3-5H2,1-2H3,(H3,10,11)(H,12,15). The zero-order valence-corrected chi connectivity index (χ0v) is 10.3. The van der Waals surface area contributed by atoms with E-state index in [0.717, 1.165) is 12.8 Å². The monoisotopic (exact) mass is 243 g/mol. The van der Waals surface area contributed by atoms with Crippen LogP contribution in [0.25, 0.3) is 0 Å². The molecule has 90 valence electrons. The number of hydrogen-bond donors (Lipinski definition) is 3. The van der Waals surface area contributed by atoms with Crippen LogP contribution in [-0.2, 0) is 6.54 Å². The molecule has 0 aliphatic carbocycles. The predicted octanol–water partition coefficient (Wildman–Crippen LogP) is 0.788. The van der Waals surface area contributed by atoms with E-state index in [-0.39, 0.29) is 16.8 Å². The van der Waals surface area contributed by atoms with Crippen LogP contribution in [0.15, 0.2) is 9.95 Å². The van der Waals surface area contributed by atoms with Crippen molar-refractivity contribution in [1.29, 1.82) is 5.41 Å². The van der Waals surface area contributed by atoms with Gasteiger partial charge in [0.2, 0.25) is 0 Å². The second kappa shape index (κ2) is 5.74. The number of rotatable bonds is 6. The summed E-state index contributed by atoms with van der Waals surface area (Å²) in [5.74, 6) is 0.117. The number of aromatic nitrogens is 3. The maximum Gasteiger partial charge on any atom is 0.343 e. The third kappa shape index (κ3) is 2.88. The maximum absolute atomic E-state index is 11.4. The highest BCUT2D eigenvalue weighted by Crippen LogP contribution is 2.22. The summed E-state index contributed by atoms with van der Waals surface area (Å²) in [5, 5.41) is 14.3. The minimum Gasteiger partial charge on any atom is -0.387 e. The van der Waals surface area contributed by atoms with Gasteiger partial charge in [0, 0.05) is 6.54 Å². The fraction of sp³-hybridized carbons (Fsp3) is 0.667. The van der Waals surface area contributed by atoms with Crippen LogP contribution >= 0.6 is 11.8 Å². The van der Waals surface area contributed by atoms with Crippen LogP contribution in [0.5, 0.6) is 0 Å². The number of nitrogens with one attached hydrogen (secondary N) is 2. The summed E-state index contributed by atoms with van der Waals surface area (Å²) in [6.07, 6.45) is 1.61. The smallest absolute Gasteiger partial charge is 0.343 e. The molecular formula is C9H17N5OS. The first-order valence-electron chi connectivity index (χ1n) is 5.25. The molecule has 6 nitrogen and oxygen atoms in total. The van der Waals surface area contributed by atoms with Gasteiger partial charge in [-0.05, 0) is 12.8 Å². The number of amidine groups is 1. The number of nitrogens with two attached hydrogens (primary N) is 1. The van der Waals surface area contributed by atoms with Gasteiger partial charge in [0.25, 0.3) is 0 Å². The average Bonchev–Trinajstić information content (AvgIpc) is 2.57. The lowest BCUT2D eigenvalue weighted by molar-refractivity contribution is 0.603. The first-order valence-corrected chi connectivity index (χ1v) is 6.13. The van der Waals surface area contributed by atoms with Gasteiger partial charge in [-0.25, -0.2) is 9.89 Å². The molecule has 4 N–H and O–H groups in total. The summed E-state index contributed by atoms with van der Waals surface area (Å²) >= 11 is 1.36. The Morgan fingerprint density at radius 1 is 1.69 bits per heavy atom. The molecule has 0 saturated carbocycles. The highest BCUT2D eigenvalue weighted by molar-refractivity contribution is 8.00. The van der Waals surface area contributed by atoms with Crippen LogP contribution in [0.1, 0.15) is 26.7 Å². The van der Waals surface area contributed by atoms with Crippen molar-refractivity contribution >= 4 is 17.6 Å². The molecule has 0 amide bonds. The molecule has 0 aliphatic rings. The van der Waals surface area contributed by atoms with Gasteiger partial charge in [-0.1, -0.05) is 25.6 Å². The number of H-pyrrole nitrogens is 1. The van der Waals surface area contributed by atoms with E-state index in [4.69, 9.17) is 11.1 Å². The molecule has 0 aliphatic heterocycles. The fourth-order valence-corrected chi connectivity index (χ4v) is 2.26. The van der Waals surface area contributed by atoms with E-state index in [0.29, 0.717) is 11.7 Å². The van der Waals surface area contributed by atoms with Gasteiger partial charge < -0.3 is 5.73 Å². The number of aromatic amines is 1. The molecule has 0 aromatic carbocycles. The summed E-state index contributed by atoms with van der Waals surface area (Å²) < 4.78 is 1.58. The van der Waals surface area contributed by atoms with Crippen LogP contribution in [0.3, 0.4) is 0 Å². The minimum absolute atomic E-state index is 0.117. The zero-order valence-electron chi connectivity index (χ0n) is 9.49. The van der Waals surface area contributed by atoms with E-state index in [1.165, 1.54) is 11.8 Å². The Morgan fingerprint density at radius 3 is 2.88 bits per heavy atom. The average molecular weight is 243 g/mol. The predicted molar refractivity (Wildman–Crippen MR) is 65.0 cm³/mol. The van der Waals surface area contributed by atoms with E-state index in [1.54, 1.807) is 4.57 Å². The molecule has 0 bridgehead atoms. The van der Waals surface area contributed by atoms with Crippen molar-refractivity contribution in [2.24, 2.45) is 5.73 Å². The van der Waals surface area contributed by atoms with Gasteiger partial charge in [0.05, 0.1) is 5.25 Å². The SMILES string of the molecule is CCCn1c(SC(CC)C(=N)N)n[nH]c1=O. The summed E-state index contributed by atoms with van der Waals surface area (Å²) in [5.41, 5.74) is 5.26. The summed E-state index contributed by atoms with van der Waals surface area (Å²) in [4.78, 5) is 11.4. The van der Waals surface area contributed by atoms with Gasteiger partial charge in [0.1, 0.15) is 5.84 Å². The summed E-state index contributed by atoms with van der Waals surface area (Å²) in [7, 11) is 0. The Balaban J connectivity index is 2.87. The van der Waals surface area contributed by atoms with Gasteiger partial charge in [-0.3, -0.25) is 9.98 Å². The van der Waals surface area contributed by atoms with E-state index < -0.39 is 0 Å². The third-order valence-corrected chi connectivity index (χ3v) is 3.53. The molecule has 1 atom stereocenters. The van der Waals surface area contributed by atoms with Crippen molar-refractivity contribution in [3.8, 4) is 0 Å². The van der Waals surface area contributed by atoms with Gasteiger partial charge in [-0.2, -0.15) is 0 Å². The quantitative estimate of drug-likeness (QED) is 0.390. The molecule has 1 aromatic rings. The second-order valence-electron chi connectivity index (χ2n) is 3.43. The molecule has 0 radical (unpaired) electrons. The number of thioether (sulfide) groups is 1. The van der Waals surface area contributed by atoms with Crippen LogP contribution in [0.4, 0.5) is 0 Å². The molecule has 16 heavy (non-hydrogen) atoms. The molecular weight excluding hydrogens is 226 g/mol. The van der Waals surface area contributed by atoms with Crippen molar-refractivity contribution in [1.82, 2.24) is 14.8 Å². The van der Waals surface area contributed by atoms with Crippen molar-refractivity contribution in [2.45, 2.75) is 43.6 Å². The number of hydrogen-bond acceptors (Lipinski definition) is 4. The van der Waals surface area contributed by atoms with Crippen molar-refractivity contribution in [3.63, 3.8) is 0 Å². The minimum atomic E-state index is -0.206. The maximum atomic E-state index is 11.4. The van der Waals surface area contributed by atoms with Crippen molar-refractivity contribution in [2.75, 3.05) is 0 Å². The second-order valence-corrected chi connectivity index (χ2v) is 4.60. The lowest BCUT2D eigenvalue weighted by atomic mass is 10.3. The molecule has 1 heterocycles. The first-order chi connectivity index (χ1) is 7.60. The van der Waals surface area contributed by atoms with Crippen LogP contribution in [-0.4, -0.2) is 25.9 Å². The summed E-state index contributed by atoms with van der Waals surface area (Å²) in [6, 6.07) is 0. The van der Waals surface area contributed by atoms with Crippen LogP contribution < -0.4 is 11.4 Å². The van der Waals surface area contributed by atoms with E-state index in [2.05, 4.69) is 10.2 Å². The Labute approximate surface area is 98.1 Å². The Kier molecular flexibility index (Phi) is 4.60. The van der Waals surface area contributed by atoms with Crippen LogP contribution in [0, 0.1) is 5.41 Å². The third-order valence-electron chi connectivity index (χ3n) is 2.14. The van der Waals surface area contributed by atoms with E-state index >= 15 is 0 Å². The largest absolute Gasteiger partial charge is 0.387 e. The molecule has 1 unspecified atom stereocenters. The van der Waals surface area contributed by atoms with Gasteiger partial charge >= 0.3 is 5.69 Å². The molecule has 1 rings (SSSR count). The molecule has 0 spiro atoms. The first kappa shape index (κ1) is 12.8. The van der Waals surface area contributed by atoms with Crippen molar-refractivity contribution in [3.05, 3.63) is 10.5 Å². The number of nitrogens with zero attached hydrogens (tertiary/aromatic N) is 2. The van der Waals surface area contributed by atoms with Crippen molar-refractivity contribution < 1.29 is 0 Å². The molecule has 0 saturated heterocycles. The van der Waals surface area contributed by atoms with E-state index in [9.17, 15) is 4.79 Å². The Hall–Kier alpha value is -1.24. The van der Waals surface area contributed by atoms with E-state index in [1.807, 2.05) is 13.8 Å². The Morgan fingerprint density at radius 2 is 2.38 bits per heavy atom. The van der Waals surface area contributed by atoms with Crippen LogP contribution in [0.2, 0.25) is 0 Å². The van der Waals surface area contributed by atoms with Gasteiger partial charge in [0.15, 0.2) is 5.16 Å². The highest BCUT2D eigenvalue weighted by atomic mass is 32.2.